The van der Waals surface area contributed by atoms with E-state index in [1.165, 1.54) is 186 Å². The highest BCUT2D eigenvalue weighted by molar-refractivity contribution is 7.47. The Morgan fingerprint density at radius 1 is 0.292 bits per heavy atom. The van der Waals surface area contributed by atoms with Gasteiger partial charge in [-0.3, -0.25) is 37.3 Å². The second kappa shape index (κ2) is 66.3. The Bertz CT molecular complexity index is 1890. The van der Waals surface area contributed by atoms with Crippen LogP contribution >= 0.6 is 15.6 Å². The molecular weight excluding hydrogens is 1260 g/mol. The third-order valence-corrected chi connectivity index (χ3v) is 20.1. The van der Waals surface area contributed by atoms with Gasteiger partial charge >= 0.3 is 39.5 Å². The SMILES string of the molecule is CCC(C)CCCCCCCCCCCCCCCCC(=O)OC[C@H](COP(=O)(O)OC[C@@H](O)COP(=O)(O)OC[C@@H](COC(=O)CCCCCCCCC(C)C)OC(=O)CCCCCCCCCCC(C)C)OC(=O)CCCCCCCCCCCCCCCCCC(C)C. The number of unbranched alkanes of at least 4 members (excludes halogenated alkanes) is 39. The second-order valence-electron chi connectivity index (χ2n) is 29.4. The van der Waals surface area contributed by atoms with E-state index in [-0.39, 0.29) is 25.7 Å². The Labute approximate surface area is 588 Å². The molecule has 3 unspecified atom stereocenters. The van der Waals surface area contributed by atoms with Crippen molar-refractivity contribution in [2.45, 2.75) is 408 Å². The van der Waals surface area contributed by atoms with Crippen molar-refractivity contribution >= 4 is 39.5 Å². The number of hydrogen-bond donors (Lipinski definition) is 3. The summed E-state index contributed by atoms with van der Waals surface area (Å²) in [7, 11) is -9.91. The number of aliphatic hydroxyl groups is 1. The molecule has 570 valence electrons. The molecule has 0 saturated carbocycles. The number of ether oxygens (including phenoxy) is 4. The fourth-order valence-corrected chi connectivity index (χ4v) is 13.3. The first-order chi connectivity index (χ1) is 46.1. The van der Waals surface area contributed by atoms with Crippen LogP contribution in [0.3, 0.4) is 0 Å². The first-order valence-electron chi connectivity index (χ1n) is 39.7. The maximum absolute atomic E-state index is 13.1. The largest absolute Gasteiger partial charge is 0.472 e. The third kappa shape index (κ3) is 69.2. The first-order valence-corrected chi connectivity index (χ1v) is 42.7. The fourth-order valence-electron chi connectivity index (χ4n) is 11.7. The zero-order valence-electron chi connectivity index (χ0n) is 63.0. The van der Waals surface area contributed by atoms with Crippen LogP contribution in [0, 0.1) is 23.7 Å². The van der Waals surface area contributed by atoms with E-state index in [1.54, 1.807) is 0 Å². The van der Waals surface area contributed by atoms with E-state index >= 15 is 0 Å². The maximum Gasteiger partial charge on any atom is 0.472 e. The molecule has 0 amide bonds. The van der Waals surface area contributed by atoms with Crippen molar-refractivity contribution in [1.82, 2.24) is 0 Å². The summed E-state index contributed by atoms with van der Waals surface area (Å²) in [4.78, 5) is 72.8. The molecule has 0 spiro atoms. The number of rotatable bonds is 74. The molecule has 0 aromatic heterocycles. The van der Waals surface area contributed by atoms with Gasteiger partial charge < -0.3 is 33.8 Å². The minimum absolute atomic E-state index is 0.103. The van der Waals surface area contributed by atoms with Crippen molar-refractivity contribution in [2.75, 3.05) is 39.6 Å². The van der Waals surface area contributed by atoms with E-state index in [1.807, 2.05) is 0 Å². The molecule has 0 heterocycles. The van der Waals surface area contributed by atoms with Crippen molar-refractivity contribution in [2.24, 2.45) is 23.7 Å². The predicted octanol–water partition coefficient (Wildman–Crippen LogP) is 22.4. The van der Waals surface area contributed by atoms with Gasteiger partial charge in [0, 0.05) is 25.7 Å². The van der Waals surface area contributed by atoms with Gasteiger partial charge in [-0.2, -0.15) is 0 Å². The summed E-state index contributed by atoms with van der Waals surface area (Å²) >= 11 is 0. The van der Waals surface area contributed by atoms with Gasteiger partial charge in [0.05, 0.1) is 26.4 Å². The van der Waals surface area contributed by atoms with Gasteiger partial charge in [-0.1, -0.05) is 338 Å². The van der Waals surface area contributed by atoms with Gasteiger partial charge in [-0.25, -0.2) is 9.13 Å². The lowest BCUT2D eigenvalue weighted by molar-refractivity contribution is -0.161. The van der Waals surface area contributed by atoms with Crippen LogP contribution in [0.5, 0.6) is 0 Å². The number of carbonyl (C=O) groups is 4. The lowest BCUT2D eigenvalue weighted by Gasteiger charge is -2.21. The lowest BCUT2D eigenvalue weighted by Crippen LogP contribution is -2.30. The molecule has 19 heteroatoms. The molecule has 0 rings (SSSR count). The van der Waals surface area contributed by atoms with Crippen LogP contribution in [0.25, 0.3) is 0 Å². The second-order valence-corrected chi connectivity index (χ2v) is 32.3. The van der Waals surface area contributed by atoms with Crippen LogP contribution in [0.15, 0.2) is 0 Å². The standard InChI is InChI=1S/C77H150O17P2/c1-9-70(8)56-48-40-31-24-20-16-13-14-17-21-25-32-41-49-57-74(79)87-63-72(93-76(81)59-51-43-33-26-22-18-12-10-11-15-19-23-29-37-45-53-67(2)3)65-91-95(83,84)89-61-71(78)62-90-96(85,86)92-66-73(64-88-75(80)58-50-42-36-35-39-47-55-69(6)7)94-77(82)60-52-44-34-28-27-30-38-46-54-68(4)5/h67-73,78H,9-66H2,1-8H3,(H,83,84)(H,85,86)/t70?,71-,72-,73-/m1/s1. The average molecular weight is 1410 g/mol. The van der Waals surface area contributed by atoms with Crippen LogP contribution in [-0.2, 0) is 65.4 Å². The highest BCUT2D eigenvalue weighted by atomic mass is 31.2. The Kier molecular flexibility index (Phi) is 65.0. The average Bonchev–Trinajstić information content (AvgIpc) is 1.09. The number of carbonyl (C=O) groups excluding carboxylic acids is 4. The van der Waals surface area contributed by atoms with Crippen molar-refractivity contribution in [3.05, 3.63) is 0 Å². The number of esters is 4. The summed E-state index contributed by atoms with van der Waals surface area (Å²) in [5, 5.41) is 10.6. The minimum atomic E-state index is -4.96. The summed E-state index contributed by atoms with van der Waals surface area (Å²) in [5.74, 6) is 0.927. The summed E-state index contributed by atoms with van der Waals surface area (Å²) in [5.41, 5.74) is 0. The molecule has 0 aromatic rings. The van der Waals surface area contributed by atoms with E-state index in [0.29, 0.717) is 31.6 Å². The van der Waals surface area contributed by atoms with E-state index in [9.17, 15) is 43.2 Å². The number of phosphoric acid groups is 2. The first kappa shape index (κ1) is 94.1. The summed E-state index contributed by atoms with van der Waals surface area (Å²) in [6.45, 7) is 14.2. The Balaban J connectivity index is 5.22. The molecule has 0 aliphatic carbocycles. The highest BCUT2D eigenvalue weighted by Crippen LogP contribution is 2.45. The smallest absolute Gasteiger partial charge is 0.462 e. The highest BCUT2D eigenvalue weighted by Gasteiger charge is 2.30. The molecule has 0 fully saturated rings. The molecule has 0 saturated heterocycles. The molecule has 0 aromatic carbocycles. The Morgan fingerprint density at radius 2 is 0.500 bits per heavy atom. The summed E-state index contributed by atoms with van der Waals surface area (Å²) < 4.78 is 68.5. The molecular formula is C77H150O17P2. The van der Waals surface area contributed by atoms with Crippen molar-refractivity contribution in [1.29, 1.82) is 0 Å². The minimum Gasteiger partial charge on any atom is -0.462 e. The van der Waals surface area contributed by atoms with Gasteiger partial charge in [0.25, 0.3) is 0 Å². The van der Waals surface area contributed by atoms with Gasteiger partial charge in [-0.15, -0.1) is 0 Å². The van der Waals surface area contributed by atoms with Crippen molar-refractivity contribution < 1.29 is 80.2 Å². The van der Waals surface area contributed by atoms with E-state index in [4.69, 9.17) is 37.0 Å². The number of aliphatic hydroxyl groups excluding tert-OH is 1. The van der Waals surface area contributed by atoms with Crippen LogP contribution < -0.4 is 0 Å². The molecule has 0 radical (unpaired) electrons. The predicted molar refractivity (Wildman–Crippen MR) is 391 cm³/mol. The summed E-state index contributed by atoms with van der Waals surface area (Å²) in [6.07, 6.45) is 51.5. The lowest BCUT2D eigenvalue weighted by atomic mass is 9.99. The molecule has 0 aliphatic heterocycles. The van der Waals surface area contributed by atoms with Crippen LogP contribution in [0.4, 0.5) is 0 Å². The van der Waals surface area contributed by atoms with Crippen LogP contribution in [0.1, 0.15) is 389 Å². The Hall–Kier alpha value is -1.94. The molecule has 3 N–H and O–H groups in total. The van der Waals surface area contributed by atoms with Crippen LogP contribution in [0.2, 0.25) is 0 Å². The third-order valence-electron chi connectivity index (χ3n) is 18.2. The van der Waals surface area contributed by atoms with Gasteiger partial charge in [-0.05, 0) is 49.4 Å². The summed E-state index contributed by atoms with van der Waals surface area (Å²) in [6, 6.07) is 0. The van der Waals surface area contributed by atoms with Crippen molar-refractivity contribution in [3.8, 4) is 0 Å². The molecule has 96 heavy (non-hydrogen) atoms. The molecule has 0 bridgehead atoms. The van der Waals surface area contributed by atoms with E-state index in [2.05, 4.69) is 55.4 Å². The zero-order valence-corrected chi connectivity index (χ0v) is 64.8. The number of hydrogen-bond acceptors (Lipinski definition) is 15. The number of phosphoric ester groups is 2. The quantitative estimate of drug-likeness (QED) is 0.0222. The molecule has 0 aliphatic rings. The molecule has 6 atom stereocenters. The van der Waals surface area contributed by atoms with Crippen molar-refractivity contribution in [3.63, 3.8) is 0 Å². The van der Waals surface area contributed by atoms with Gasteiger partial charge in [0.1, 0.15) is 19.3 Å². The van der Waals surface area contributed by atoms with E-state index in [0.717, 1.165) is 114 Å². The van der Waals surface area contributed by atoms with Gasteiger partial charge in [0.15, 0.2) is 12.2 Å². The molecule has 17 nitrogen and oxygen atoms in total. The zero-order chi connectivity index (χ0) is 71.0. The normalized spacial score (nSPS) is 14.4. The van der Waals surface area contributed by atoms with Gasteiger partial charge in [0.2, 0.25) is 0 Å². The maximum atomic E-state index is 13.1. The van der Waals surface area contributed by atoms with E-state index < -0.39 is 97.5 Å². The monoisotopic (exact) mass is 1410 g/mol. The van der Waals surface area contributed by atoms with Crippen LogP contribution in [-0.4, -0.2) is 96.7 Å². The topological polar surface area (TPSA) is 237 Å². The Morgan fingerprint density at radius 3 is 0.740 bits per heavy atom. The fraction of sp³-hybridized carbons (Fsp3) is 0.948.